The molecule has 1 fully saturated rings. The molecule has 3 heteroatoms. The Morgan fingerprint density at radius 2 is 1.82 bits per heavy atom. The Kier molecular flexibility index (Phi) is 7.85. The van der Waals surface area contributed by atoms with Gasteiger partial charge in [-0.05, 0) is 19.3 Å². The van der Waals surface area contributed by atoms with Crippen molar-refractivity contribution in [3.63, 3.8) is 0 Å². The summed E-state index contributed by atoms with van der Waals surface area (Å²) in [6, 6.07) is 0.567. The predicted octanol–water partition coefficient (Wildman–Crippen LogP) is 3.19. The van der Waals surface area contributed by atoms with E-state index < -0.39 is 0 Å². The van der Waals surface area contributed by atoms with Crippen LogP contribution in [0.2, 0.25) is 0 Å². The van der Waals surface area contributed by atoms with Crippen LogP contribution >= 0.6 is 0 Å². The van der Waals surface area contributed by atoms with Crippen LogP contribution in [-0.2, 0) is 0 Å². The van der Waals surface area contributed by atoms with Gasteiger partial charge in [-0.1, -0.05) is 51.9 Å². The summed E-state index contributed by atoms with van der Waals surface area (Å²) in [7, 11) is 0. The summed E-state index contributed by atoms with van der Waals surface area (Å²) >= 11 is 0. The normalized spacial score (nSPS) is 19.0. The van der Waals surface area contributed by atoms with Crippen LogP contribution in [0, 0.1) is 0 Å². The quantitative estimate of drug-likeness (QED) is 0.324. The molecular weight excluding hydrogens is 210 g/mol. The number of nitrogens with zero attached hydrogens (tertiary/aromatic N) is 1. The first-order valence-corrected chi connectivity index (χ1v) is 7.39. The fourth-order valence-corrected chi connectivity index (χ4v) is 2.42. The Morgan fingerprint density at radius 3 is 2.47 bits per heavy atom. The second-order valence-corrected chi connectivity index (χ2v) is 5.16. The first-order chi connectivity index (χ1) is 8.33. The molecule has 1 aliphatic rings. The molecule has 0 saturated heterocycles. The number of unbranched alkanes of at least 4 members (excludes halogenated alkanes) is 3. The molecule has 1 saturated carbocycles. The molecule has 0 aromatic rings. The summed E-state index contributed by atoms with van der Waals surface area (Å²) < 4.78 is 0. The van der Waals surface area contributed by atoms with E-state index in [4.69, 9.17) is 5.73 Å². The summed E-state index contributed by atoms with van der Waals surface area (Å²) in [5.74, 6) is 0.661. The molecule has 100 valence electrons. The third-order valence-corrected chi connectivity index (χ3v) is 3.50. The van der Waals surface area contributed by atoms with Gasteiger partial charge in [0.25, 0.3) is 0 Å². The topological polar surface area (TPSA) is 50.4 Å². The van der Waals surface area contributed by atoms with E-state index in [9.17, 15) is 0 Å². The average Bonchev–Trinajstić information content (AvgIpc) is 2.57. The fourth-order valence-electron chi connectivity index (χ4n) is 2.42. The predicted molar refractivity (Wildman–Crippen MR) is 75.3 cm³/mol. The Morgan fingerprint density at radius 1 is 1.12 bits per heavy atom. The average molecular weight is 239 g/mol. The second-order valence-electron chi connectivity index (χ2n) is 5.16. The van der Waals surface area contributed by atoms with Crippen molar-refractivity contribution in [2.75, 3.05) is 6.54 Å². The molecule has 0 heterocycles. The zero-order valence-corrected chi connectivity index (χ0v) is 11.4. The first kappa shape index (κ1) is 14.3. The van der Waals surface area contributed by atoms with Crippen LogP contribution in [-0.4, -0.2) is 18.5 Å². The Hall–Kier alpha value is -0.730. The van der Waals surface area contributed by atoms with Crippen molar-refractivity contribution in [1.29, 1.82) is 0 Å². The van der Waals surface area contributed by atoms with E-state index in [1.54, 1.807) is 0 Å². The van der Waals surface area contributed by atoms with Crippen LogP contribution in [0.15, 0.2) is 4.99 Å². The standard InChI is InChI=1S/C14H29N3/c1-2-3-4-9-12-16-14(15)17-13-10-7-5-6-8-11-13/h13H,2-12H2,1H3,(H3,15,16,17). The fraction of sp³-hybridized carbons (Fsp3) is 0.929. The molecule has 0 aromatic carbocycles. The summed E-state index contributed by atoms with van der Waals surface area (Å²) in [6.07, 6.45) is 13.0. The molecule has 0 radical (unpaired) electrons. The number of nitrogens with two attached hydrogens (primary N) is 1. The van der Waals surface area contributed by atoms with Crippen LogP contribution in [0.5, 0.6) is 0 Å². The number of rotatable bonds is 6. The van der Waals surface area contributed by atoms with E-state index in [0.717, 1.165) is 6.54 Å². The van der Waals surface area contributed by atoms with Crippen molar-refractivity contribution in [3.05, 3.63) is 0 Å². The number of guanidine groups is 1. The van der Waals surface area contributed by atoms with E-state index in [-0.39, 0.29) is 0 Å². The molecule has 1 aliphatic carbocycles. The molecule has 0 unspecified atom stereocenters. The lowest BCUT2D eigenvalue weighted by molar-refractivity contribution is 0.529. The smallest absolute Gasteiger partial charge is 0.188 e. The zero-order valence-electron chi connectivity index (χ0n) is 11.4. The van der Waals surface area contributed by atoms with Gasteiger partial charge in [0.1, 0.15) is 0 Å². The van der Waals surface area contributed by atoms with Gasteiger partial charge in [0.2, 0.25) is 0 Å². The van der Waals surface area contributed by atoms with Gasteiger partial charge in [-0.15, -0.1) is 0 Å². The van der Waals surface area contributed by atoms with Crippen molar-refractivity contribution in [2.24, 2.45) is 10.7 Å². The minimum atomic E-state index is 0.567. The Balaban J connectivity index is 2.13. The highest BCUT2D eigenvalue weighted by molar-refractivity contribution is 5.78. The largest absolute Gasteiger partial charge is 0.370 e. The third kappa shape index (κ3) is 7.24. The van der Waals surface area contributed by atoms with Crippen LogP contribution in [0.25, 0.3) is 0 Å². The van der Waals surface area contributed by atoms with Crippen LogP contribution < -0.4 is 11.1 Å². The number of aliphatic imine (C=N–C) groups is 1. The molecule has 0 atom stereocenters. The highest BCUT2D eigenvalue weighted by Crippen LogP contribution is 2.16. The lowest BCUT2D eigenvalue weighted by atomic mass is 10.1. The molecule has 17 heavy (non-hydrogen) atoms. The third-order valence-electron chi connectivity index (χ3n) is 3.50. The Labute approximate surface area is 106 Å². The monoisotopic (exact) mass is 239 g/mol. The summed E-state index contributed by atoms with van der Waals surface area (Å²) in [6.45, 7) is 3.11. The maximum absolute atomic E-state index is 5.91. The molecule has 3 N–H and O–H groups in total. The maximum atomic E-state index is 5.91. The zero-order chi connectivity index (χ0) is 12.3. The lowest BCUT2D eigenvalue weighted by Crippen LogP contribution is -2.39. The summed E-state index contributed by atoms with van der Waals surface area (Å²) in [4.78, 5) is 4.40. The number of nitrogens with one attached hydrogen (secondary N) is 1. The van der Waals surface area contributed by atoms with Gasteiger partial charge in [-0.3, -0.25) is 4.99 Å². The molecule has 1 rings (SSSR count). The van der Waals surface area contributed by atoms with E-state index >= 15 is 0 Å². The maximum Gasteiger partial charge on any atom is 0.188 e. The van der Waals surface area contributed by atoms with E-state index in [1.807, 2.05) is 0 Å². The first-order valence-electron chi connectivity index (χ1n) is 7.39. The van der Waals surface area contributed by atoms with Gasteiger partial charge in [0.15, 0.2) is 5.96 Å². The van der Waals surface area contributed by atoms with Gasteiger partial charge in [0.05, 0.1) is 0 Å². The Bertz CT molecular complexity index is 206. The lowest BCUT2D eigenvalue weighted by Gasteiger charge is -2.16. The number of hydrogen-bond donors (Lipinski definition) is 2. The van der Waals surface area contributed by atoms with E-state index in [1.165, 1.54) is 64.2 Å². The van der Waals surface area contributed by atoms with E-state index in [0.29, 0.717) is 12.0 Å². The summed E-state index contributed by atoms with van der Waals surface area (Å²) in [5, 5.41) is 3.38. The molecule has 0 aliphatic heterocycles. The van der Waals surface area contributed by atoms with Gasteiger partial charge < -0.3 is 11.1 Å². The molecule has 0 spiro atoms. The van der Waals surface area contributed by atoms with E-state index in [2.05, 4.69) is 17.2 Å². The van der Waals surface area contributed by atoms with Crippen LogP contribution in [0.1, 0.15) is 71.1 Å². The minimum absolute atomic E-state index is 0.567. The summed E-state index contributed by atoms with van der Waals surface area (Å²) in [5.41, 5.74) is 5.91. The van der Waals surface area contributed by atoms with Gasteiger partial charge in [-0.2, -0.15) is 0 Å². The van der Waals surface area contributed by atoms with Crippen molar-refractivity contribution in [1.82, 2.24) is 5.32 Å². The minimum Gasteiger partial charge on any atom is -0.370 e. The van der Waals surface area contributed by atoms with Crippen LogP contribution in [0.3, 0.4) is 0 Å². The highest BCUT2D eigenvalue weighted by atomic mass is 15.1. The second kappa shape index (κ2) is 9.32. The van der Waals surface area contributed by atoms with Crippen molar-refractivity contribution >= 4 is 5.96 Å². The molecule has 3 nitrogen and oxygen atoms in total. The molecule has 0 bridgehead atoms. The molecule has 0 aromatic heterocycles. The highest BCUT2D eigenvalue weighted by Gasteiger charge is 2.11. The van der Waals surface area contributed by atoms with Gasteiger partial charge in [-0.25, -0.2) is 0 Å². The van der Waals surface area contributed by atoms with Gasteiger partial charge in [0, 0.05) is 12.6 Å². The van der Waals surface area contributed by atoms with Crippen LogP contribution in [0.4, 0.5) is 0 Å². The van der Waals surface area contributed by atoms with Crippen molar-refractivity contribution in [2.45, 2.75) is 77.2 Å². The number of hydrogen-bond acceptors (Lipinski definition) is 1. The molecular formula is C14H29N3. The molecule has 0 amide bonds. The van der Waals surface area contributed by atoms with Crippen molar-refractivity contribution in [3.8, 4) is 0 Å². The van der Waals surface area contributed by atoms with Gasteiger partial charge >= 0.3 is 0 Å². The van der Waals surface area contributed by atoms with Crippen molar-refractivity contribution < 1.29 is 0 Å². The SMILES string of the molecule is CCCCCCN=C(N)NC1CCCCCC1.